The molecule has 200 valence electrons. The third kappa shape index (κ3) is 5.69. The molecule has 11 heteroatoms. The minimum Gasteiger partial charge on any atom is -0.494 e. The van der Waals surface area contributed by atoms with Crippen LogP contribution in [0.5, 0.6) is 28.7 Å². The van der Waals surface area contributed by atoms with Crippen molar-refractivity contribution in [3.05, 3.63) is 66.7 Å². The van der Waals surface area contributed by atoms with Crippen LogP contribution in [0.4, 0.5) is 5.69 Å². The van der Waals surface area contributed by atoms with E-state index in [0.29, 0.717) is 42.8 Å². The number of morpholine rings is 1. The molecule has 0 bridgehead atoms. The van der Waals surface area contributed by atoms with E-state index >= 15 is 0 Å². The highest BCUT2D eigenvalue weighted by Crippen LogP contribution is 2.35. The predicted octanol–water partition coefficient (Wildman–Crippen LogP) is 3.68. The number of para-hydroxylation sites is 2. The molecule has 1 amide bonds. The summed E-state index contributed by atoms with van der Waals surface area (Å²) in [6, 6.07) is 18.4. The molecular weight excluding hydrogens is 512 g/mol. The summed E-state index contributed by atoms with van der Waals surface area (Å²) in [5.41, 5.74) is 0.181. The zero-order valence-corrected chi connectivity index (χ0v) is 21.6. The number of nitrogens with one attached hydrogen (secondary N) is 1. The fourth-order valence-corrected chi connectivity index (χ4v) is 5.49. The number of nitrogens with zero attached hydrogens (tertiary/aromatic N) is 1. The minimum absolute atomic E-state index is 0.00367. The summed E-state index contributed by atoms with van der Waals surface area (Å²) in [4.78, 5) is 13.2. The summed E-state index contributed by atoms with van der Waals surface area (Å²) < 4.78 is 56.2. The van der Waals surface area contributed by atoms with Crippen molar-refractivity contribution in [3.8, 4) is 28.7 Å². The first-order chi connectivity index (χ1) is 18.4. The highest BCUT2D eigenvalue weighted by atomic mass is 32.2. The first kappa shape index (κ1) is 25.8. The summed E-state index contributed by atoms with van der Waals surface area (Å²) >= 11 is 0. The molecule has 2 aliphatic heterocycles. The van der Waals surface area contributed by atoms with Gasteiger partial charge in [-0.05, 0) is 61.5 Å². The molecule has 0 radical (unpaired) electrons. The molecule has 1 fully saturated rings. The van der Waals surface area contributed by atoms with Crippen LogP contribution in [0.1, 0.15) is 6.92 Å². The molecule has 0 aliphatic carbocycles. The van der Waals surface area contributed by atoms with Gasteiger partial charge in [-0.25, -0.2) is 8.42 Å². The van der Waals surface area contributed by atoms with Crippen LogP contribution >= 0.6 is 0 Å². The molecule has 0 aromatic heterocycles. The number of anilines is 1. The van der Waals surface area contributed by atoms with Crippen molar-refractivity contribution in [1.82, 2.24) is 4.31 Å². The number of benzene rings is 3. The third-order valence-electron chi connectivity index (χ3n) is 5.98. The molecule has 0 unspecified atom stereocenters. The number of hydrogen-bond acceptors (Lipinski definition) is 8. The van der Waals surface area contributed by atoms with Crippen molar-refractivity contribution in [3.63, 3.8) is 0 Å². The number of amides is 1. The van der Waals surface area contributed by atoms with Gasteiger partial charge in [-0.15, -0.1) is 0 Å². The maximum atomic E-state index is 13.3. The molecule has 2 aliphatic rings. The first-order valence-electron chi connectivity index (χ1n) is 12.3. The maximum Gasteiger partial charge on any atom is 0.269 e. The van der Waals surface area contributed by atoms with Crippen molar-refractivity contribution in [2.24, 2.45) is 0 Å². The fourth-order valence-electron chi connectivity index (χ4n) is 4.05. The van der Waals surface area contributed by atoms with Crippen molar-refractivity contribution in [2.75, 3.05) is 44.8 Å². The lowest BCUT2D eigenvalue weighted by atomic mass is 10.2. The van der Waals surface area contributed by atoms with Crippen LogP contribution in [0.2, 0.25) is 0 Å². The van der Waals surface area contributed by atoms with Gasteiger partial charge in [-0.1, -0.05) is 12.1 Å². The lowest BCUT2D eigenvalue weighted by molar-refractivity contribution is -0.125. The Balaban J connectivity index is 1.42. The highest BCUT2D eigenvalue weighted by molar-refractivity contribution is 7.89. The zero-order valence-electron chi connectivity index (χ0n) is 20.8. The molecule has 1 saturated heterocycles. The molecule has 0 spiro atoms. The Hall–Kier alpha value is -3.80. The molecule has 2 heterocycles. The van der Waals surface area contributed by atoms with Gasteiger partial charge >= 0.3 is 0 Å². The van der Waals surface area contributed by atoms with Gasteiger partial charge in [0.1, 0.15) is 18.1 Å². The monoisotopic (exact) mass is 540 g/mol. The van der Waals surface area contributed by atoms with Gasteiger partial charge < -0.3 is 29.0 Å². The van der Waals surface area contributed by atoms with E-state index in [9.17, 15) is 13.2 Å². The minimum atomic E-state index is -3.81. The Bertz CT molecular complexity index is 1390. The smallest absolute Gasteiger partial charge is 0.269 e. The zero-order chi connectivity index (χ0) is 26.5. The van der Waals surface area contributed by atoms with Crippen LogP contribution in [-0.4, -0.2) is 64.3 Å². The summed E-state index contributed by atoms with van der Waals surface area (Å²) in [6.45, 7) is 3.58. The van der Waals surface area contributed by atoms with Gasteiger partial charge in [-0.2, -0.15) is 4.31 Å². The Morgan fingerprint density at radius 1 is 1.00 bits per heavy atom. The second-order valence-electron chi connectivity index (χ2n) is 8.53. The molecule has 1 N–H and O–H groups in total. The van der Waals surface area contributed by atoms with Gasteiger partial charge in [0, 0.05) is 13.1 Å². The number of rotatable bonds is 8. The number of hydrogen-bond donors (Lipinski definition) is 1. The average molecular weight is 541 g/mol. The van der Waals surface area contributed by atoms with Crippen LogP contribution in [-0.2, 0) is 19.6 Å². The molecule has 3 aromatic rings. The van der Waals surface area contributed by atoms with E-state index in [-0.39, 0.29) is 36.0 Å². The van der Waals surface area contributed by atoms with Gasteiger partial charge in [0.15, 0.2) is 17.2 Å². The Labute approximate surface area is 221 Å². The van der Waals surface area contributed by atoms with Crippen LogP contribution < -0.4 is 24.3 Å². The van der Waals surface area contributed by atoms with E-state index in [2.05, 4.69) is 5.32 Å². The van der Waals surface area contributed by atoms with Crippen molar-refractivity contribution in [2.45, 2.75) is 17.9 Å². The quantitative estimate of drug-likeness (QED) is 0.461. The van der Waals surface area contributed by atoms with E-state index in [4.69, 9.17) is 23.7 Å². The second-order valence-corrected chi connectivity index (χ2v) is 10.5. The Morgan fingerprint density at radius 3 is 2.45 bits per heavy atom. The molecule has 10 nitrogen and oxygen atoms in total. The van der Waals surface area contributed by atoms with Gasteiger partial charge in [0.25, 0.3) is 5.91 Å². The summed E-state index contributed by atoms with van der Waals surface area (Å²) in [5, 5.41) is 2.78. The first-order valence-corrected chi connectivity index (χ1v) is 13.7. The highest BCUT2D eigenvalue weighted by Gasteiger charge is 2.30. The number of carbonyl (C=O) groups is 1. The molecular formula is C27H28N2O8S. The SMILES string of the molecule is CCOc1ccc(Oc2ccc(S(=O)(=O)N3CCOCC3)cc2NC(=O)[C@@H]2COc3ccccc3O2)cc1. The molecule has 3 aromatic carbocycles. The molecule has 5 rings (SSSR count). The predicted molar refractivity (Wildman–Crippen MR) is 139 cm³/mol. The van der Waals surface area contributed by atoms with Crippen LogP contribution in [0.15, 0.2) is 71.6 Å². The molecule has 0 saturated carbocycles. The van der Waals surface area contributed by atoms with Gasteiger partial charge in [-0.3, -0.25) is 4.79 Å². The van der Waals surface area contributed by atoms with E-state index in [1.807, 2.05) is 13.0 Å². The van der Waals surface area contributed by atoms with E-state index in [0.717, 1.165) is 0 Å². The standard InChI is InChI=1S/C27H28N2O8S/c1-2-34-19-7-9-20(10-8-19)36-23-12-11-21(38(31,32)29-13-15-33-16-14-29)17-22(23)28-27(30)26-18-35-24-5-3-4-6-25(24)37-26/h3-12,17,26H,2,13-16,18H2,1H3,(H,28,30)/t26-/m0/s1. The van der Waals surface area contributed by atoms with E-state index in [1.54, 1.807) is 42.5 Å². The van der Waals surface area contributed by atoms with Crippen LogP contribution in [0, 0.1) is 0 Å². The fraction of sp³-hybridized carbons (Fsp3) is 0.296. The van der Waals surface area contributed by atoms with Gasteiger partial charge in [0.05, 0.1) is 30.4 Å². The lowest BCUT2D eigenvalue weighted by Gasteiger charge is -2.27. The number of ether oxygens (including phenoxy) is 5. The summed E-state index contributed by atoms with van der Waals surface area (Å²) in [6.07, 6.45) is -0.942. The second kappa shape index (κ2) is 11.3. The maximum absolute atomic E-state index is 13.3. The van der Waals surface area contributed by atoms with E-state index < -0.39 is 22.0 Å². The van der Waals surface area contributed by atoms with Gasteiger partial charge in [0.2, 0.25) is 16.1 Å². The topological polar surface area (TPSA) is 113 Å². The number of sulfonamides is 1. The lowest BCUT2D eigenvalue weighted by Crippen LogP contribution is -2.41. The third-order valence-corrected chi connectivity index (χ3v) is 7.87. The molecule has 1 atom stereocenters. The Kier molecular flexibility index (Phi) is 7.68. The van der Waals surface area contributed by atoms with Crippen molar-refractivity contribution >= 4 is 21.6 Å². The Morgan fingerprint density at radius 2 is 1.71 bits per heavy atom. The summed E-state index contributed by atoms with van der Waals surface area (Å²) in [5.74, 6) is 1.94. The number of carbonyl (C=O) groups excluding carboxylic acids is 1. The number of fused-ring (bicyclic) bond motifs is 1. The van der Waals surface area contributed by atoms with Crippen molar-refractivity contribution in [1.29, 1.82) is 0 Å². The van der Waals surface area contributed by atoms with E-state index in [1.165, 1.54) is 22.5 Å². The summed E-state index contributed by atoms with van der Waals surface area (Å²) in [7, 11) is -3.81. The van der Waals surface area contributed by atoms with Crippen LogP contribution in [0.25, 0.3) is 0 Å². The molecule has 38 heavy (non-hydrogen) atoms. The normalized spacial score (nSPS) is 17.4. The van der Waals surface area contributed by atoms with Crippen LogP contribution in [0.3, 0.4) is 0 Å². The largest absolute Gasteiger partial charge is 0.494 e. The van der Waals surface area contributed by atoms with Crippen molar-refractivity contribution < 1.29 is 36.9 Å². The average Bonchev–Trinajstić information content (AvgIpc) is 2.95.